The largest absolute Gasteiger partial charge is 0.382 e. The summed E-state index contributed by atoms with van der Waals surface area (Å²) >= 11 is 0. The fourth-order valence-electron chi connectivity index (χ4n) is 3.41. The van der Waals surface area contributed by atoms with Gasteiger partial charge in [0, 0.05) is 37.5 Å². The number of rotatable bonds is 8. The molecule has 12 nitrogen and oxygen atoms in total. The minimum absolute atomic E-state index is 0.0130. The van der Waals surface area contributed by atoms with E-state index < -0.39 is 31.7 Å². The van der Waals surface area contributed by atoms with E-state index in [1.54, 1.807) is 0 Å². The number of carbonyl (C=O) groups is 2. The van der Waals surface area contributed by atoms with E-state index in [-0.39, 0.29) is 36.9 Å². The molecule has 0 spiro atoms. The Balaban J connectivity index is 1.72. The number of aldehydes is 1. The molecule has 0 bridgehead atoms. The molecule has 0 aliphatic carbocycles. The van der Waals surface area contributed by atoms with Gasteiger partial charge in [0.05, 0.1) is 24.8 Å². The molecule has 4 N–H and O–H groups in total. The first-order chi connectivity index (χ1) is 16.6. The van der Waals surface area contributed by atoms with Crippen molar-refractivity contribution in [1.82, 2.24) is 14.9 Å². The van der Waals surface area contributed by atoms with Crippen LogP contribution in [0.5, 0.6) is 0 Å². The highest BCUT2D eigenvalue weighted by Gasteiger charge is 2.40. The molecule has 4 atom stereocenters. The van der Waals surface area contributed by atoms with Gasteiger partial charge in [-0.3, -0.25) is 18.7 Å². The summed E-state index contributed by atoms with van der Waals surface area (Å²) in [7, 11) is -2.36. The third kappa shape index (κ3) is 7.08. The second-order valence-corrected chi connectivity index (χ2v) is 9.54. The van der Waals surface area contributed by atoms with Gasteiger partial charge in [0.2, 0.25) is 0 Å². The van der Waals surface area contributed by atoms with E-state index in [9.17, 15) is 23.8 Å². The summed E-state index contributed by atoms with van der Waals surface area (Å²) in [5.74, 6) is 5.03. The zero-order valence-corrected chi connectivity index (χ0v) is 19.9. The van der Waals surface area contributed by atoms with Crippen molar-refractivity contribution in [2.45, 2.75) is 24.9 Å². The van der Waals surface area contributed by atoms with Crippen LogP contribution in [-0.2, 0) is 18.6 Å². The number of nitrogen functional groups attached to an aromatic ring is 1. The fourth-order valence-corrected chi connectivity index (χ4v) is 4.13. The van der Waals surface area contributed by atoms with Crippen LogP contribution >= 0.6 is 7.60 Å². The Bertz CT molecular complexity index is 1240. The van der Waals surface area contributed by atoms with Gasteiger partial charge >= 0.3 is 13.3 Å². The molecule has 1 saturated heterocycles. The number of nitrogens with zero attached hydrogens (tertiary/aromatic N) is 2. The number of aromatic nitrogens is 2. The summed E-state index contributed by atoms with van der Waals surface area (Å²) in [5, 5.41) is 2.62. The molecule has 1 amide bonds. The van der Waals surface area contributed by atoms with Crippen molar-refractivity contribution in [3.05, 3.63) is 57.6 Å². The van der Waals surface area contributed by atoms with Gasteiger partial charge in [-0.1, -0.05) is 24.0 Å². The van der Waals surface area contributed by atoms with Gasteiger partial charge in [-0.15, -0.1) is 0 Å². The highest BCUT2D eigenvalue weighted by Crippen LogP contribution is 2.43. The first kappa shape index (κ1) is 26.3. The maximum atomic E-state index is 12.4. The van der Waals surface area contributed by atoms with Gasteiger partial charge < -0.3 is 29.9 Å². The van der Waals surface area contributed by atoms with E-state index in [0.717, 1.165) is 6.66 Å². The number of amides is 1. The van der Waals surface area contributed by atoms with E-state index in [2.05, 4.69) is 22.1 Å². The standard InChI is InChI=1S/C22H25N4O8P/c1-32-13-18-17(34-35(2,30)31)10-19(33-18)26-11-16(20(23)25-22(26)29)4-3-9-24-21(28)15-7-5-14(12-27)6-8-15/h5-8,11-12,17-19H,9-10,13H2,1-2H3,(H,24,28)(H,30,31)(H2,23,25,29). The first-order valence-electron chi connectivity index (χ1n) is 10.5. The second kappa shape index (κ2) is 11.4. The molecule has 35 heavy (non-hydrogen) atoms. The molecule has 13 heteroatoms. The van der Waals surface area contributed by atoms with Crippen LogP contribution in [0.2, 0.25) is 0 Å². The lowest BCUT2D eigenvalue weighted by molar-refractivity contribution is -0.0518. The highest BCUT2D eigenvalue weighted by atomic mass is 31.2. The number of benzene rings is 1. The number of ether oxygens (including phenoxy) is 2. The Hall–Kier alpha value is -3.33. The Kier molecular flexibility index (Phi) is 8.56. The summed E-state index contributed by atoms with van der Waals surface area (Å²) in [5.41, 5.74) is 6.20. The lowest BCUT2D eigenvalue weighted by Gasteiger charge is -2.19. The predicted molar refractivity (Wildman–Crippen MR) is 125 cm³/mol. The molecule has 1 aliphatic rings. The van der Waals surface area contributed by atoms with Crippen molar-refractivity contribution in [1.29, 1.82) is 0 Å². The van der Waals surface area contributed by atoms with Gasteiger partial charge in [-0.05, 0) is 12.1 Å². The first-order valence-corrected chi connectivity index (χ1v) is 12.5. The van der Waals surface area contributed by atoms with Crippen LogP contribution in [0.3, 0.4) is 0 Å². The molecule has 0 saturated carbocycles. The zero-order valence-electron chi connectivity index (χ0n) is 19.0. The predicted octanol–water partition coefficient (Wildman–Crippen LogP) is 0.554. The summed E-state index contributed by atoms with van der Waals surface area (Å²) in [6.07, 6.45) is -0.151. The van der Waals surface area contributed by atoms with Crippen molar-refractivity contribution >= 4 is 25.6 Å². The van der Waals surface area contributed by atoms with E-state index in [1.807, 2.05) is 0 Å². The normalized spacial score (nSPS) is 20.9. The van der Waals surface area contributed by atoms with Gasteiger partial charge in [0.1, 0.15) is 24.4 Å². The molecule has 3 rings (SSSR count). The topological polar surface area (TPSA) is 172 Å². The van der Waals surface area contributed by atoms with Crippen LogP contribution in [-0.4, -0.2) is 65.8 Å². The smallest absolute Gasteiger partial charge is 0.351 e. The highest BCUT2D eigenvalue weighted by molar-refractivity contribution is 7.51. The van der Waals surface area contributed by atoms with Crippen LogP contribution in [0.25, 0.3) is 0 Å². The Morgan fingerprint density at radius 3 is 2.77 bits per heavy atom. The SMILES string of the molecule is COCC1OC(n2cc(C#CCNC(=O)c3ccc(C=O)cc3)c(N)nc2=O)CC1OP(C)(=O)O. The van der Waals surface area contributed by atoms with Gasteiger partial charge in [-0.2, -0.15) is 4.98 Å². The summed E-state index contributed by atoms with van der Waals surface area (Å²) in [6, 6.07) is 6.10. The van der Waals surface area contributed by atoms with Crippen molar-refractivity contribution in [2.24, 2.45) is 0 Å². The van der Waals surface area contributed by atoms with Crippen molar-refractivity contribution < 1.29 is 33.0 Å². The molecule has 2 heterocycles. The van der Waals surface area contributed by atoms with E-state index >= 15 is 0 Å². The lowest BCUT2D eigenvalue weighted by atomic mass is 10.1. The Morgan fingerprint density at radius 1 is 1.43 bits per heavy atom. The monoisotopic (exact) mass is 504 g/mol. The number of anilines is 1. The van der Waals surface area contributed by atoms with Crippen LogP contribution < -0.4 is 16.7 Å². The third-order valence-electron chi connectivity index (χ3n) is 5.00. The summed E-state index contributed by atoms with van der Waals surface area (Å²) in [6.45, 7) is 1.14. The molecule has 0 radical (unpaired) electrons. The maximum Gasteiger partial charge on any atom is 0.351 e. The number of hydrogen-bond acceptors (Lipinski definition) is 9. The lowest BCUT2D eigenvalue weighted by Crippen LogP contribution is -2.29. The van der Waals surface area contributed by atoms with Crippen molar-refractivity contribution in [3.8, 4) is 11.8 Å². The minimum atomic E-state index is -3.81. The molecular formula is C22H25N4O8P. The Morgan fingerprint density at radius 2 is 2.14 bits per heavy atom. The van der Waals surface area contributed by atoms with Gasteiger partial charge in [0.15, 0.2) is 0 Å². The van der Waals surface area contributed by atoms with Crippen LogP contribution in [0, 0.1) is 11.8 Å². The molecule has 1 aliphatic heterocycles. The van der Waals surface area contributed by atoms with Crippen LogP contribution in [0.4, 0.5) is 5.82 Å². The zero-order chi connectivity index (χ0) is 25.6. The van der Waals surface area contributed by atoms with Gasteiger partial charge in [0.25, 0.3) is 5.91 Å². The van der Waals surface area contributed by atoms with Crippen molar-refractivity contribution in [2.75, 3.05) is 32.7 Å². The Labute approximate surface area is 200 Å². The number of hydrogen-bond donors (Lipinski definition) is 3. The number of nitrogens with two attached hydrogens (primary N) is 1. The summed E-state index contributed by atoms with van der Waals surface area (Å²) in [4.78, 5) is 48.7. The third-order valence-corrected chi connectivity index (χ3v) is 5.67. The van der Waals surface area contributed by atoms with E-state index in [0.29, 0.717) is 17.4 Å². The molecule has 186 valence electrons. The number of nitrogens with one attached hydrogen (secondary N) is 1. The van der Waals surface area contributed by atoms with Crippen LogP contribution in [0.15, 0.2) is 35.3 Å². The van der Waals surface area contributed by atoms with E-state index in [4.69, 9.17) is 19.7 Å². The quantitative estimate of drug-likeness (QED) is 0.262. The van der Waals surface area contributed by atoms with Crippen molar-refractivity contribution in [3.63, 3.8) is 0 Å². The molecule has 1 aromatic carbocycles. The van der Waals surface area contributed by atoms with Crippen LogP contribution in [0.1, 0.15) is 38.9 Å². The molecule has 1 fully saturated rings. The average molecular weight is 504 g/mol. The molecular weight excluding hydrogens is 479 g/mol. The van der Waals surface area contributed by atoms with Gasteiger partial charge in [-0.25, -0.2) is 4.79 Å². The molecule has 2 aromatic rings. The minimum Gasteiger partial charge on any atom is -0.382 e. The second-order valence-electron chi connectivity index (χ2n) is 7.72. The molecule has 1 aromatic heterocycles. The fraction of sp³-hybridized carbons (Fsp3) is 0.364. The molecule has 4 unspecified atom stereocenters. The average Bonchev–Trinajstić information content (AvgIpc) is 3.18. The number of carbonyl (C=O) groups excluding carboxylic acids is 2. The maximum absolute atomic E-state index is 12.4. The summed E-state index contributed by atoms with van der Waals surface area (Å²) < 4.78 is 29.0. The van der Waals surface area contributed by atoms with E-state index in [1.165, 1.54) is 42.1 Å². The number of methoxy groups -OCH3 is 1.